The predicted octanol–water partition coefficient (Wildman–Crippen LogP) is 6.90. The van der Waals surface area contributed by atoms with Crippen molar-refractivity contribution in [3.63, 3.8) is 0 Å². The van der Waals surface area contributed by atoms with Gasteiger partial charge in [0.25, 0.3) is 0 Å². The van der Waals surface area contributed by atoms with E-state index in [0.29, 0.717) is 0 Å². The average Bonchev–Trinajstić information content (AvgIpc) is 3.06. The largest absolute Gasteiger partial charge is 0.255 e. The van der Waals surface area contributed by atoms with E-state index in [1.54, 1.807) is 0 Å². The Balaban J connectivity index is 0.000000208. The molecule has 0 bridgehead atoms. The van der Waals surface area contributed by atoms with Crippen LogP contribution in [-0.2, 0) is 20.4 Å². The Labute approximate surface area is 259 Å². The fourth-order valence-corrected chi connectivity index (χ4v) is 8.97. The van der Waals surface area contributed by atoms with E-state index < -0.39 is 15.8 Å². The molecule has 0 saturated heterocycles. The van der Waals surface area contributed by atoms with Crippen molar-refractivity contribution in [2.45, 2.75) is 0 Å². The molecule has 0 aliphatic heterocycles. The molecule has 0 radical (unpaired) electrons. The second kappa shape index (κ2) is 18.2. The summed E-state index contributed by atoms with van der Waals surface area (Å²) in [6.07, 6.45) is 0. The molecule has 5 heteroatoms. The summed E-state index contributed by atoms with van der Waals surface area (Å²) in [6, 6.07) is 64.7. The molecule has 0 spiro atoms. The second-order valence-electron chi connectivity index (χ2n) is 8.68. The van der Waals surface area contributed by atoms with Gasteiger partial charge >= 0.3 is 0 Å². The Kier molecular flexibility index (Phi) is 14.4. The first-order valence-electron chi connectivity index (χ1n) is 13.0. The Hall–Kier alpha value is -3.24. The minimum absolute atomic E-state index is 0. The zero-order valence-electron chi connectivity index (χ0n) is 22.4. The Morgan fingerprint density at radius 3 is 0.488 bits per heavy atom. The van der Waals surface area contributed by atoms with Gasteiger partial charge in [-0.2, -0.15) is 0 Å². The number of hydrogen-bond donors (Lipinski definition) is 2. The van der Waals surface area contributed by atoms with E-state index in [2.05, 4.69) is 182 Å². The van der Waals surface area contributed by atoms with Gasteiger partial charge in [-0.15, -0.1) is 0 Å². The van der Waals surface area contributed by atoms with Crippen LogP contribution >= 0.6 is 15.8 Å². The number of rotatable bonds is 6. The van der Waals surface area contributed by atoms with E-state index in [-0.39, 0.29) is 20.4 Å². The van der Waals surface area contributed by atoms with Crippen LogP contribution in [0.1, 0.15) is 0 Å². The molecule has 6 aromatic rings. The second-order valence-corrected chi connectivity index (χ2v) is 13.1. The quantitative estimate of drug-likeness (QED) is 0.0880. The molecule has 6 aromatic carbocycles. The van der Waals surface area contributed by atoms with Crippen LogP contribution in [0.4, 0.5) is 0 Å². The molecule has 2 nitrogen and oxygen atoms in total. The van der Waals surface area contributed by atoms with Gasteiger partial charge in [0.15, 0.2) is 0 Å². The van der Waals surface area contributed by atoms with Crippen LogP contribution in [0.15, 0.2) is 182 Å². The Bertz CT molecular complexity index is 1180. The normalized spacial score (nSPS) is 9.95. The first-order chi connectivity index (χ1) is 19.9. The molecule has 208 valence electrons. The Morgan fingerprint density at radius 1 is 0.244 bits per heavy atom. The van der Waals surface area contributed by atoms with Crippen molar-refractivity contribution >= 4 is 47.7 Å². The van der Waals surface area contributed by atoms with E-state index in [9.17, 15) is 0 Å². The molecular formula is C36H32O2P2Pd. The molecule has 0 fully saturated rings. The molecular weight excluding hydrogens is 633 g/mol. The number of benzene rings is 6. The third kappa shape index (κ3) is 9.40. The van der Waals surface area contributed by atoms with Gasteiger partial charge in [-0.1, -0.05) is 182 Å². The first kappa shape index (κ1) is 32.3. The van der Waals surface area contributed by atoms with Crippen molar-refractivity contribution in [3.8, 4) is 0 Å². The summed E-state index contributed by atoms with van der Waals surface area (Å²) in [5.74, 6) is 0. The van der Waals surface area contributed by atoms with Crippen molar-refractivity contribution in [2.24, 2.45) is 0 Å². The minimum atomic E-state index is -0.446. The molecule has 0 aliphatic rings. The predicted molar refractivity (Wildman–Crippen MR) is 176 cm³/mol. The van der Waals surface area contributed by atoms with Gasteiger partial charge in [0.05, 0.1) is 0 Å². The van der Waals surface area contributed by atoms with Crippen molar-refractivity contribution in [3.05, 3.63) is 182 Å². The van der Waals surface area contributed by atoms with Gasteiger partial charge in [-0.3, -0.25) is 10.5 Å². The monoisotopic (exact) mass is 664 g/mol. The third-order valence-electron chi connectivity index (χ3n) is 6.09. The molecule has 41 heavy (non-hydrogen) atoms. The molecule has 0 amide bonds. The van der Waals surface area contributed by atoms with E-state index in [4.69, 9.17) is 10.5 Å². The van der Waals surface area contributed by atoms with Crippen LogP contribution in [-0.4, -0.2) is 10.5 Å². The standard InChI is InChI=1S/2C18H15P.H2O2.Pd/c2*1-4-10-16(11-5-1)19(17-12-6-2-7-13-17)18-14-8-3-9-15-18;1-2;/h2*1-15H;1-2H;. The summed E-state index contributed by atoms with van der Waals surface area (Å²) in [4.78, 5) is 0. The molecule has 0 saturated carbocycles. The van der Waals surface area contributed by atoms with Gasteiger partial charge in [0.2, 0.25) is 0 Å². The number of hydrogen-bond acceptors (Lipinski definition) is 2. The summed E-state index contributed by atoms with van der Waals surface area (Å²) in [6.45, 7) is 0. The average molecular weight is 665 g/mol. The van der Waals surface area contributed by atoms with Crippen LogP contribution in [0, 0.1) is 0 Å². The molecule has 2 N–H and O–H groups in total. The van der Waals surface area contributed by atoms with Gasteiger partial charge in [0, 0.05) is 20.4 Å². The maximum absolute atomic E-state index is 6.00. The van der Waals surface area contributed by atoms with Gasteiger partial charge in [0.1, 0.15) is 0 Å². The van der Waals surface area contributed by atoms with Crippen LogP contribution in [0.5, 0.6) is 0 Å². The van der Waals surface area contributed by atoms with Crippen LogP contribution < -0.4 is 31.8 Å². The van der Waals surface area contributed by atoms with Crippen LogP contribution in [0.3, 0.4) is 0 Å². The maximum Gasteiger partial charge on any atom is 0 e. The van der Waals surface area contributed by atoms with Crippen molar-refractivity contribution in [2.75, 3.05) is 0 Å². The van der Waals surface area contributed by atoms with E-state index >= 15 is 0 Å². The van der Waals surface area contributed by atoms with E-state index in [1.807, 2.05) is 0 Å². The molecule has 0 aliphatic carbocycles. The van der Waals surface area contributed by atoms with Gasteiger partial charge < -0.3 is 0 Å². The smallest absolute Gasteiger partial charge is 0 e. The SMILES string of the molecule is OO.[Pd].c1ccc(P(c2ccccc2)c2ccccc2)cc1.c1ccc(P(c2ccccc2)c2ccccc2)cc1. The molecule has 0 heterocycles. The zero-order valence-corrected chi connectivity index (χ0v) is 25.8. The molecule has 0 atom stereocenters. The van der Waals surface area contributed by atoms with E-state index in [1.165, 1.54) is 31.8 Å². The van der Waals surface area contributed by atoms with Crippen molar-refractivity contribution in [1.82, 2.24) is 0 Å². The van der Waals surface area contributed by atoms with Crippen molar-refractivity contribution in [1.29, 1.82) is 0 Å². The molecule has 0 unspecified atom stereocenters. The fraction of sp³-hybridized carbons (Fsp3) is 0. The van der Waals surface area contributed by atoms with Crippen LogP contribution in [0.25, 0.3) is 0 Å². The topological polar surface area (TPSA) is 40.5 Å². The summed E-state index contributed by atoms with van der Waals surface area (Å²) >= 11 is 0. The summed E-state index contributed by atoms with van der Waals surface area (Å²) < 4.78 is 0. The van der Waals surface area contributed by atoms with Crippen molar-refractivity contribution < 1.29 is 30.9 Å². The van der Waals surface area contributed by atoms with E-state index in [0.717, 1.165) is 0 Å². The first-order valence-corrected chi connectivity index (χ1v) is 15.7. The van der Waals surface area contributed by atoms with Crippen LogP contribution in [0.2, 0.25) is 0 Å². The van der Waals surface area contributed by atoms with Gasteiger partial charge in [-0.05, 0) is 47.7 Å². The summed E-state index contributed by atoms with van der Waals surface area (Å²) in [5.41, 5.74) is 0. The summed E-state index contributed by atoms with van der Waals surface area (Å²) in [5, 5.41) is 20.4. The zero-order chi connectivity index (χ0) is 27.8. The van der Waals surface area contributed by atoms with Gasteiger partial charge in [-0.25, -0.2) is 0 Å². The fourth-order valence-electron chi connectivity index (χ4n) is 4.36. The molecule has 0 aromatic heterocycles. The minimum Gasteiger partial charge on any atom is -0.255 e. The molecule has 6 rings (SSSR count). The maximum atomic E-state index is 6.00. The third-order valence-corrected chi connectivity index (χ3v) is 11.0. The Morgan fingerprint density at radius 2 is 0.366 bits per heavy atom. The summed E-state index contributed by atoms with van der Waals surface area (Å²) in [7, 11) is -0.892.